The highest BCUT2D eigenvalue weighted by Gasteiger charge is 2.33. The van der Waals surface area contributed by atoms with Gasteiger partial charge in [-0.25, -0.2) is 4.98 Å². The first kappa shape index (κ1) is 17.6. The van der Waals surface area contributed by atoms with E-state index >= 15 is 0 Å². The van der Waals surface area contributed by atoms with Crippen molar-refractivity contribution in [2.24, 2.45) is 7.05 Å². The van der Waals surface area contributed by atoms with Gasteiger partial charge < -0.3 is 9.42 Å². The number of amides is 1. The lowest BCUT2D eigenvalue weighted by Gasteiger charge is -2.25. The predicted octanol–water partition coefficient (Wildman–Crippen LogP) is 2.98. The summed E-state index contributed by atoms with van der Waals surface area (Å²) in [4.78, 5) is 32.5. The third-order valence-electron chi connectivity index (χ3n) is 5.66. The van der Waals surface area contributed by atoms with Crippen molar-refractivity contribution >= 4 is 27.8 Å². The number of rotatable bonds is 3. The van der Waals surface area contributed by atoms with E-state index in [-0.39, 0.29) is 23.9 Å². The molecule has 1 fully saturated rings. The summed E-state index contributed by atoms with van der Waals surface area (Å²) in [6.07, 6.45) is 1.82. The quantitative estimate of drug-likeness (QED) is 0.539. The van der Waals surface area contributed by atoms with Gasteiger partial charge in [0.25, 0.3) is 5.56 Å². The highest BCUT2D eigenvalue weighted by atomic mass is 16.5. The summed E-state index contributed by atoms with van der Waals surface area (Å²) >= 11 is 0. The average Bonchev–Trinajstić information content (AvgIpc) is 3.38. The van der Waals surface area contributed by atoms with E-state index < -0.39 is 0 Å². The molecular weight excluding hydrogens is 368 g/mol. The fourth-order valence-corrected chi connectivity index (χ4v) is 4.18. The zero-order chi connectivity index (χ0) is 20.0. The summed E-state index contributed by atoms with van der Waals surface area (Å²) in [5, 5.41) is 5.52. The Bertz CT molecular complexity index is 1290. The molecule has 146 valence electrons. The number of carbonyl (C=O) groups is 1. The zero-order valence-electron chi connectivity index (χ0n) is 16.0. The van der Waals surface area contributed by atoms with Crippen LogP contribution in [0.5, 0.6) is 0 Å². The average molecular weight is 388 g/mol. The number of carbonyl (C=O) groups excluding carboxylic acids is 1. The van der Waals surface area contributed by atoms with E-state index in [9.17, 15) is 9.59 Å². The Balaban J connectivity index is 1.49. The number of benzene rings is 2. The van der Waals surface area contributed by atoms with Crippen LogP contribution in [0.2, 0.25) is 0 Å². The zero-order valence-corrected chi connectivity index (χ0v) is 16.0. The van der Waals surface area contributed by atoms with E-state index in [0.717, 1.165) is 18.2 Å². The van der Waals surface area contributed by atoms with E-state index in [4.69, 9.17) is 9.51 Å². The molecule has 0 N–H and O–H groups in total. The van der Waals surface area contributed by atoms with Crippen LogP contribution in [0, 0.1) is 0 Å². The first-order chi connectivity index (χ1) is 14.1. The molecule has 1 atom stereocenters. The van der Waals surface area contributed by atoms with Crippen molar-refractivity contribution in [3.63, 3.8) is 0 Å². The topological polar surface area (TPSA) is 81.2 Å². The Hall–Kier alpha value is -3.48. The number of hydrogen-bond acceptors (Lipinski definition) is 5. The van der Waals surface area contributed by atoms with E-state index in [1.807, 2.05) is 47.4 Å². The van der Waals surface area contributed by atoms with Gasteiger partial charge in [0.05, 0.1) is 23.4 Å². The molecule has 4 aromatic rings. The Morgan fingerprint density at radius 2 is 1.90 bits per heavy atom. The number of nitrogens with zero attached hydrogens (tertiary/aromatic N) is 4. The van der Waals surface area contributed by atoms with Crippen molar-refractivity contribution in [1.82, 2.24) is 19.6 Å². The fourth-order valence-electron chi connectivity index (χ4n) is 4.18. The van der Waals surface area contributed by atoms with Gasteiger partial charge >= 0.3 is 0 Å². The largest absolute Gasteiger partial charge is 0.356 e. The molecule has 0 aliphatic carbocycles. The Morgan fingerprint density at radius 1 is 1.14 bits per heavy atom. The first-order valence-corrected chi connectivity index (χ1v) is 9.72. The van der Waals surface area contributed by atoms with Crippen molar-refractivity contribution in [2.45, 2.75) is 25.3 Å². The van der Waals surface area contributed by atoms with Gasteiger partial charge in [-0.1, -0.05) is 29.4 Å². The minimum absolute atomic E-state index is 0.0334. The van der Waals surface area contributed by atoms with Gasteiger partial charge in [0.1, 0.15) is 11.5 Å². The minimum Gasteiger partial charge on any atom is -0.356 e. The normalized spacial score (nSPS) is 16.7. The van der Waals surface area contributed by atoms with E-state index in [1.54, 1.807) is 17.7 Å². The number of likely N-dealkylation sites (tertiary alicyclic amines) is 1. The molecule has 0 spiro atoms. The van der Waals surface area contributed by atoms with Crippen molar-refractivity contribution in [2.75, 3.05) is 6.54 Å². The van der Waals surface area contributed by atoms with Gasteiger partial charge in [-0.15, -0.1) is 0 Å². The van der Waals surface area contributed by atoms with Crippen LogP contribution in [0.25, 0.3) is 21.9 Å². The van der Waals surface area contributed by atoms with Crippen molar-refractivity contribution in [1.29, 1.82) is 0 Å². The van der Waals surface area contributed by atoms with Crippen LogP contribution in [0.15, 0.2) is 57.8 Å². The summed E-state index contributed by atoms with van der Waals surface area (Å²) < 4.78 is 6.90. The molecule has 2 aromatic heterocycles. The molecule has 29 heavy (non-hydrogen) atoms. The standard InChI is InChI=1S/C22H20N4O3/c1-25-21(23-16-9-4-2-8-15(16)22(25)28)18-10-6-12-26(18)20(27)13-17-14-7-3-5-11-19(14)29-24-17/h2-5,7-9,11,18H,6,10,12-13H2,1H3. The Kier molecular flexibility index (Phi) is 4.16. The number of fused-ring (bicyclic) bond motifs is 2. The summed E-state index contributed by atoms with van der Waals surface area (Å²) in [6.45, 7) is 0.641. The van der Waals surface area contributed by atoms with Crippen LogP contribution in [-0.4, -0.2) is 32.1 Å². The molecule has 1 aliphatic rings. The smallest absolute Gasteiger partial charge is 0.261 e. The van der Waals surface area contributed by atoms with Crippen LogP contribution in [-0.2, 0) is 18.3 Å². The first-order valence-electron chi connectivity index (χ1n) is 9.72. The summed E-state index contributed by atoms with van der Waals surface area (Å²) in [5.74, 6) is 0.596. The van der Waals surface area contributed by atoms with Gasteiger partial charge in [0.15, 0.2) is 5.58 Å². The molecule has 1 unspecified atom stereocenters. The highest BCUT2D eigenvalue weighted by molar-refractivity contribution is 5.86. The maximum atomic E-state index is 13.1. The second-order valence-electron chi connectivity index (χ2n) is 7.40. The molecule has 1 saturated heterocycles. The molecular formula is C22H20N4O3. The molecule has 3 heterocycles. The molecule has 0 radical (unpaired) electrons. The molecule has 0 bridgehead atoms. The molecule has 1 amide bonds. The van der Waals surface area contributed by atoms with Crippen molar-refractivity contribution in [3.05, 3.63) is 70.4 Å². The van der Waals surface area contributed by atoms with Crippen LogP contribution in [0.3, 0.4) is 0 Å². The molecule has 5 rings (SSSR count). The molecule has 0 saturated carbocycles. The number of hydrogen-bond donors (Lipinski definition) is 0. The van der Waals surface area contributed by atoms with Crippen LogP contribution in [0.4, 0.5) is 0 Å². The lowest BCUT2D eigenvalue weighted by Crippen LogP contribution is -2.35. The lowest BCUT2D eigenvalue weighted by molar-refractivity contribution is -0.131. The summed E-state index contributed by atoms with van der Waals surface area (Å²) in [5.41, 5.74) is 1.88. The SMILES string of the molecule is Cn1c(C2CCCN2C(=O)Cc2noc3ccccc23)nc2ccccc2c1=O. The van der Waals surface area contributed by atoms with Gasteiger partial charge in [-0.3, -0.25) is 14.2 Å². The Labute approximate surface area is 166 Å². The van der Waals surface area contributed by atoms with Crippen molar-refractivity contribution in [3.8, 4) is 0 Å². The highest BCUT2D eigenvalue weighted by Crippen LogP contribution is 2.32. The molecule has 7 heteroatoms. The van der Waals surface area contributed by atoms with Gasteiger partial charge in [0.2, 0.25) is 5.91 Å². The molecule has 2 aromatic carbocycles. The van der Waals surface area contributed by atoms with E-state index in [0.29, 0.717) is 34.5 Å². The van der Waals surface area contributed by atoms with Crippen LogP contribution in [0.1, 0.15) is 30.4 Å². The number of para-hydroxylation sites is 2. The van der Waals surface area contributed by atoms with Crippen LogP contribution >= 0.6 is 0 Å². The fraction of sp³-hybridized carbons (Fsp3) is 0.273. The third-order valence-corrected chi connectivity index (χ3v) is 5.66. The van der Waals surface area contributed by atoms with Gasteiger partial charge in [0, 0.05) is 19.0 Å². The maximum Gasteiger partial charge on any atom is 0.261 e. The Morgan fingerprint density at radius 3 is 2.76 bits per heavy atom. The predicted molar refractivity (Wildman–Crippen MR) is 108 cm³/mol. The third kappa shape index (κ3) is 2.90. The monoisotopic (exact) mass is 388 g/mol. The van der Waals surface area contributed by atoms with Gasteiger partial charge in [-0.05, 0) is 37.1 Å². The molecule has 7 nitrogen and oxygen atoms in total. The molecule has 1 aliphatic heterocycles. The summed E-state index contributed by atoms with van der Waals surface area (Å²) in [7, 11) is 1.73. The van der Waals surface area contributed by atoms with Crippen LogP contribution < -0.4 is 5.56 Å². The summed E-state index contributed by atoms with van der Waals surface area (Å²) in [6, 6.07) is 14.6. The van der Waals surface area contributed by atoms with Crippen molar-refractivity contribution < 1.29 is 9.32 Å². The number of aromatic nitrogens is 3. The minimum atomic E-state index is -0.219. The van der Waals surface area contributed by atoms with E-state index in [1.165, 1.54) is 0 Å². The lowest BCUT2D eigenvalue weighted by atomic mass is 10.1. The second kappa shape index (κ2) is 6.84. The van der Waals surface area contributed by atoms with Gasteiger partial charge in [-0.2, -0.15) is 0 Å². The maximum absolute atomic E-state index is 13.1. The second-order valence-corrected chi connectivity index (χ2v) is 7.40. The van der Waals surface area contributed by atoms with E-state index in [2.05, 4.69) is 5.16 Å².